The molecule has 0 saturated heterocycles. The van der Waals surface area contributed by atoms with Gasteiger partial charge in [-0.25, -0.2) is 9.59 Å². The lowest BCUT2D eigenvalue weighted by molar-refractivity contribution is -0.139. The van der Waals surface area contributed by atoms with Crippen LogP contribution in [0.15, 0.2) is 11.3 Å². The van der Waals surface area contributed by atoms with E-state index in [1.165, 1.54) is 6.08 Å². The molecule has 0 heterocycles. The van der Waals surface area contributed by atoms with Gasteiger partial charge in [0.2, 0.25) is 0 Å². The zero-order chi connectivity index (χ0) is 22.0. The third kappa shape index (κ3) is 12.2. The van der Waals surface area contributed by atoms with Gasteiger partial charge in [-0.1, -0.05) is 116 Å². The van der Waals surface area contributed by atoms with Gasteiger partial charge in [-0.15, -0.1) is 0 Å². The number of carbonyl (C=O) groups excluding carboxylic acids is 1. The Kier molecular flexibility index (Phi) is 17.1. The Balaban J connectivity index is 5.76. The van der Waals surface area contributed by atoms with Gasteiger partial charge >= 0.3 is 11.9 Å². The standard InChI is InChI=1S/C24H46O4Si/c1-5-9-13-17-28-24(27)22(21-23(25)26)29(18-14-10-6-2,19-15-11-7-3)20-16-12-8-4/h21H,5-20H2,1-4H3,(H,25,26)/b22-21+. The van der Waals surface area contributed by atoms with Crippen LogP contribution in [-0.2, 0) is 14.3 Å². The lowest BCUT2D eigenvalue weighted by Crippen LogP contribution is -2.41. The molecule has 1 N–H and O–H groups in total. The number of unbranched alkanes of at least 4 members (excludes halogenated alkanes) is 8. The minimum Gasteiger partial charge on any atom is -0.478 e. The van der Waals surface area contributed by atoms with Gasteiger partial charge in [-0.2, -0.15) is 0 Å². The summed E-state index contributed by atoms with van der Waals surface area (Å²) >= 11 is 0. The Morgan fingerprint density at radius 3 is 1.52 bits per heavy atom. The van der Waals surface area contributed by atoms with E-state index in [1.807, 2.05) is 0 Å². The molecule has 0 aliphatic heterocycles. The number of carbonyl (C=O) groups is 2. The average Bonchev–Trinajstić information content (AvgIpc) is 2.69. The summed E-state index contributed by atoms with van der Waals surface area (Å²) in [5.41, 5.74) is 0. The van der Waals surface area contributed by atoms with Crippen LogP contribution in [0.1, 0.15) is 105 Å². The zero-order valence-corrected chi connectivity index (χ0v) is 20.6. The second kappa shape index (κ2) is 17.7. The highest BCUT2D eigenvalue weighted by molar-refractivity contribution is 6.90. The van der Waals surface area contributed by atoms with Crippen molar-refractivity contribution in [2.24, 2.45) is 0 Å². The molecule has 0 radical (unpaired) electrons. The van der Waals surface area contributed by atoms with Crippen LogP contribution in [0.25, 0.3) is 0 Å². The van der Waals surface area contributed by atoms with Crippen LogP contribution < -0.4 is 0 Å². The SMILES string of the molecule is CCCCCOC(=O)/C(=C\C(=O)O)[Si](CCCCC)(CCCCC)CCCCC. The Hall–Kier alpha value is -1.10. The van der Waals surface area contributed by atoms with E-state index in [0.29, 0.717) is 11.8 Å². The predicted molar refractivity (Wildman–Crippen MR) is 125 cm³/mol. The minimum atomic E-state index is -2.23. The first-order valence-electron chi connectivity index (χ1n) is 12.1. The van der Waals surface area contributed by atoms with Crippen molar-refractivity contribution < 1.29 is 19.4 Å². The number of carboxylic acids is 1. The summed E-state index contributed by atoms with van der Waals surface area (Å²) in [5.74, 6) is -1.36. The molecule has 0 atom stereocenters. The quantitative estimate of drug-likeness (QED) is 0.102. The van der Waals surface area contributed by atoms with Crippen molar-refractivity contribution in [2.75, 3.05) is 6.61 Å². The summed E-state index contributed by atoms with van der Waals surface area (Å²) in [6.07, 6.45) is 14.2. The lowest BCUT2D eigenvalue weighted by Gasteiger charge is -2.34. The van der Waals surface area contributed by atoms with Crippen molar-refractivity contribution in [1.29, 1.82) is 0 Å². The zero-order valence-electron chi connectivity index (χ0n) is 19.6. The van der Waals surface area contributed by atoms with Gasteiger partial charge in [0, 0.05) is 11.3 Å². The van der Waals surface area contributed by atoms with Crippen molar-refractivity contribution in [3.05, 3.63) is 11.3 Å². The molecular formula is C24H46O4Si. The highest BCUT2D eigenvalue weighted by Gasteiger charge is 2.40. The fourth-order valence-corrected chi connectivity index (χ4v) is 9.34. The Bertz CT molecular complexity index is 447. The number of aliphatic carboxylic acids is 1. The number of rotatable bonds is 19. The fourth-order valence-electron chi connectivity index (χ4n) is 4.07. The molecule has 0 fully saturated rings. The summed E-state index contributed by atoms with van der Waals surface area (Å²) in [6, 6.07) is 3.03. The second-order valence-corrected chi connectivity index (χ2v) is 13.0. The summed E-state index contributed by atoms with van der Waals surface area (Å²) in [6.45, 7) is 9.08. The van der Waals surface area contributed by atoms with Crippen molar-refractivity contribution in [2.45, 2.75) is 123 Å². The molecule has 0 rings (SSSR count). The average molecular weight is 427 g/mol. The molecule has 0 aliphatic carbocycles. The summed E-state index contributed by atoms with van der Waals surface area (Å²) < 4.78 is 5.60. The van der Waals surface area contributed by atoms with Gasteiger partial charge in [-0.05, 0) is 6.42 Å². The third-order valence-electron chi connectivity index (χ3n) is 5.82. The number of carboxylic acid groups (broad SMARTS) is 1. The normalized spacial score (nSPS) is 12.2. The molecule has 0 unspecified atom stereocenters. The van der Waals surface area contributed by atoms with Crippen LogP contribution in [0.3, 0.4) is 0 Å². The third-order valence-corrected chi connectivity index (χ3v) is 11.2. The van der Waals surface area contributed by atoms with Crippen LogP contribution in [0.2, 0.25) is 18.1 Å². The Morgan fingerprint density at radius 1 is 0.724 bits per heavy atom. The smallest absolute Gasteiger partial charge is 0.330 e. The van der Waals surface area contributed by atoms with Crippen molar-refractivity contribution in [3.63, 3.8) is 0 Å². The van der Waals surface area contributed by atoms with Gasteiger partial charge in [-0.3, -0.25) is 0 Å². The largest absolute Gasteiger partial charge is 0.478 e. The van der Waals surface area contributed by atoms with E-state index in [0.717, 1.165) is 95.2 Å². The van der Waals surface area contributed by atoms with Crippen LogP contribution in [0.4, 0.5) is 0 Å². The van der Waals surface area contributed by atoms with Gasteiger partial charge in [0.25, 0.3) is 0 Å². The number of esters is 1. The molecule has 0 spiro atoms. The van der Waals surface area contributed by atoms with Crippen LogP contribution in [0.5, 0.6) is 0 Å². The maximum Gasteiger partial charge on any atom is 0.330 e. The van der Waals surface area contributed by atoms with Crippen molar-refractivity contribution in [1.82, 2.24) is 0 Å². The van der Waals surface area contributed by atoms with Gasteiger partial charge in [0.1, 0.15) is 0 Å². The molecule has 0 bridgehead atoms. The number of ether oxygens (including phenoxy) is 1. The van der Waals surface area contributed by atoms with Crippen molar-refractivity contribution >= 4 is 20.0 Å². The Morgan fingerprint density at radius 2 is 1.14 bits per heavy atom. The molecule has 0 aromatic rings. The molecule has 29 heavy (non-hydrogen) atoms. The molecule has 0 aromatic heterocycles. The van der Waals surface area contributed by atoms with E-state index in [4.69, 9.17) is 4.74 Å². The second-order valence-electron chi connectivity index (χ2n) is 8.39. The number of hydrogen-bond acceptors (Lipinski definition) is 3. The maximum atomic E-state index is 13.1. The highest BCUT2D eigenvalue weighted by Crippen LogP contribution is 2.36. The van der Waals surface area contributed by atoms with Gasteiger partial charge in [0.15, 0.2) is 0 Å². The predicted octanol–water partition coefficient (Wildman–Crippen LogP) is 7.29. The first-order chi connectivity index (χ1) is 14.0. The first-order valence-corrected chi connectivity index (χ1v) is 14.7. The molecule has 0 amide bonds. The topological polar surface area (TPSA) is 63.6 Å². The molecular weight excluding hydrogens is 380 g/mol. The molecule has 170 valence electrons. The van der Waals surface area contributed by atoms with E-state index in [9.17, 15) is 14.7 Å². The molecule has 0 aromatic carbocycles. The van der Waals surface area contributed by atoms with Crippen LogP contribution in [-0.4, -0.2) is 31.7 Å². The molecule has 0 aliphatic rings. The lowest BCUT2D eigenvalue weighted by atomic mass is 10.3. The fraction of sp³-hybridized carbons (Fsp3) is 0.833. The molecule has 4 nitrogen and oxygen atoms in total. The number of hydrogen-bond donors (Lipinski definition) is 1. The van der Waals surface area contributed by atoms with E-state index in [2.05, 4.69) is 27.7 Å². The summed E-state index contributed by atoms with van der Waals surface area (Å²) in [5, 5.41) is 10.1. The van der Waals surface area contributed by atoms with Gasteiger partial charge in [0.05, 0.1) is 14.7 Å². The first kappa shape index (κ1) is 27.9. The monoisotopic (exact) mass is 426 g/mol. The highest BCUT2D eigenvalue weighted by atomic mass is 28.3. The van der Waals surface area contributed by atoms with Crippen LogP contribution >= 0.6 is 0 Å². The Labute approximate surface area is 180 Å². The van der Waals surface area contributed by atoms with Crippen LogP contribution in [0, 0.1) is 0 Å². The summed E-state index contributed by atoms with van der Waals surface area (Å²) in [4.78, 5) is 24.7. The van der Waals surface area contributed by atoms with E-state index in [-0.39, 0.29) is 5.97 Å². The van der Waals surface area contributed by atoms with Gasteiger partial charge < -0.3 is 9.84 Å². The maximum absolute atomic E-state index is 13.1. The van der Waals surface area contributed by atoms with Crippen molar-refractivity contribution in [3.8, 4) is 0 Å². The van der Waals surface area contributed by atoms with E-state index < -0.39 is 14.0 Å². The minimum absolute atomic E-state index is 0.348. The molecule has 0 saturated carbocycles. The van der Waals surface area contributed by atoms with E-state index in [1.54, 1.807) is 0 Å². The summed E-state index contributed by atoms with van der Waals surface area (Å²) in [7, 11) is -2.23. The van der Waals surface area contributed by atoms with E-state index >= 15 is 0 Å². The molecule has 5 heteroatoms.